The van der Waals surface area contributed by atoms with Crippen molar-refractivity contribution in [3.05, 3.63) is 137 Å². The van der Waals surface area contributed by atoms with Crippen molar-refractivity contribution in [1.82, 2.24) is 18.9 Å². The Balaban J connectivity index is 0.000000321. The molecule has 6 rings (SSSR count). The number of methoxy groups -OCH3 is 2. The summed E-state index contributed by atoms with van der Waals surface area (Å²) in [6.45, 7) is 18.0. The van der Waals surface area contributed by atoms with E-state index in [4.69, 9.17) is 28.1 Å². The van der Waals surface area contributed by atoms with Crippen LogP contribution < -0.4 is 9.47 Å². The van der Waals surface area contributed by atoms with Gasteiger partial charge in [-0.2, -0.15) is 16.8 Å². The Morgan fingerprint density at radius 2 is 1.00 bits per heavy atom. The number of aliphatic hydroxyl groups is 2. The first-order valence-corrected chi connectivity index (χ1v) is 33.2. The number of hydrogen-bond acceptors (Lipinski definition) is 14. The second kappa shape index (κ2) is 34.8. The number of amides is 2. The van der Waals surface area contributed by atoms with Gasteiger partial charge in [0.1, 0.15) is 36.1 Å². The lowest BCUT2D eigenvalue weighted by Gasteiger charge is -2.25. The van der Waals surface area contributed by atoms with Gasteiger partial charge in [0.25, 0.3) is 20.2 Å². The van der Waals surface area contributed by atoms with Crippen LogP contribution >= 0.6 is 0 Å². The minimum Gasteiger partial charge on any atom is -0.497 e. The van der Waals surface area contributed by atoms with E-state index in [1.165, 1.54) is 0 Å². The lowest BCUT2D eigenvalue weighted by molar-refractivity contribution is -0.132. The average Bonchev–Trinajstić information content (AvgIpc) is 1.74. The van der Waals surface area contributed by atoms with E-state index in [1.54, 1.807) is 81.2 Å². The molecule has 20 nitrogen and oxygen atoms in total. The number of carbonyl (C=O) groups excluding carboxylic acids is 4. The van der Waals surface area contributed by atoms with Crippen LogP contribution in [0.5, 0.6) is 11.5 Å². The summed E-state index contributed by atoms with van der Waals surface area (Å²) in [5, 5.41) is 20.6. The molecule has 0 aliphatic heterocycles. The lowest BCUT2D eigenvalue weighted by atomic mass is 10.0. The number of ketones is 2. The quantitative estimate of drug-likeness (QED) is 0.0162. The third-order valence-electron chi connectivity index (χ3n) is 14.5. The van der Waals surface area contributed by atoms with E-state index in [-0.39, 0.29) is 56.3 Å². The van der Waals surface area contributed by atoms with Gasteiger partial charge >= 0.3 is 0 Å². The molecule has 2 heterocycles. The number of nitrogens with zero attached hydrogens (tertiary/aromatic N) is 4. The number of aryl methyl sites for hydroxylation is 1. The molecule has 0 fully saturated rings. The maximum atomic E-state index is 13.7. The molecule has 0 radical (unpaired) electrons. The highest BCUT2D eigenvalue weighted by molar-refractivity contribution is 7.86. The summed E-state index contributed by atoms with van der Waals surface area (Å²) in [5.74, 6) is 0.907. The fraction of sp³-hybridized carbons (Fsp3) is 0.485. The van der Waals surface area contributed by atoms with Crippen molar-refractivity contribution in [2.45, 2.75) is 112 Å². The molecule has 2 unspecified atom stereocenters. The Labute approximate surface area is 518 Å². The zero-order valence-electron chi connectivity index (χ0n) is 52.3. The summed E-state index contributed by atoms with van der Waals surface area (Å²) in [6, 6.07) is 25.4. The van der Waals surface area contributed by atoms with Crippen LogP contribution in [0.3, 0.4) is 0 Å². The SMILES string of the molecule is CCCN(CCC(C)C)C(=O)Cn1cc(C(=O)c2ccc(CCCOCC(O)CS(=O)(=O)O)cc2)c2ccc(OC)cc21.COc1ccc2c(C(=O)c3ccc(/C=C/COCC(O)CS(=O)(=O)O)cc3)cn(CC(=O)N(CCC(C)C)CCC(C)C)c2c1. The predicted molar refractivity (Wildman–Crippen MR) is 342 cm³/mol. The van der Waals surface area contributed by atoms with E-state index in [2.05, 4.69) is 48.5 Å². The number of carbonyl (C=O) groups is 4. The summed E-state index contributed by atoms with van der Waals surface area (Å²) >= 11 is 0. The molecule has 22 heteroatoms. The Morgan fingerprint density at radius 1 is 0.580 bits per heavy atom. The molecule has 2 amide bonds. The van der Waals surface area contributed by atoms with Crippen LogP contribution in [0.4, 0.5) is 0 Å². The van der Waals surface area contributed by atoms with Crippen molar-refractivity contribution in [2.75, 3.05) is 78.3 Å². The smallest absolute Gasteiger partial charge is 0.267 e. The lowest BCUT2D eigenvalue weighted by Crippen LogP contribution is -2.36. The summed E-state index contributed by atoms with van der Waals surface area (Å²) in [4.78, 5) is 58.1. The first-order chi connectivity index (χ1) is 41.7. The van der Waals surface area contributed by atoms with Crippen molar-refractivity contribution >= 4 is 71.5 Å². The fourth-order valence-electron chi connectivity index (χ4n) is 9.66. The van der Waals surface area contributed by atoms with E-state index in [1.807, 2.05) is 61.4 Å². The molecular weight excluding hydrogens is 1170 g/mol. The molecule has 4 N–H and O–H groups in total. The summed E-state index contributed by atoms with van der Waals surface area (Å²) in [5.41, 5.74) is 5.35. The van der Waals surface area contributed by atoms with E-state index in [9.17, 15) is 46.2 Å². The standard InChI is InChI=1S/C34H46N2O8S.C32H44N2O8S/c1-24(2)14-16-35(17-15-25(3)4)33(38)21-36-20-31(30-13-12-29(43-5)19-32(30)36)34(39)27-10-8-26(9-11-27)7-6-18-44-22-28(37)23-45(40,41)42;1-5-15-33(16-14-23(2)3)31(36)20-34-19-29(28-13-12-27(41-4)18-30(28)34)32(37)25-10-8-24(9-11-25)7-6-17-42-21-26(35)22-43(38,39)40/h6-13,19-20,24-25,28,37H,14-18,21-23H2,1-5H3,(H,40,41,42);8-13,18-19,23,26,35H,5-7,14-17,20-22H2,1-4H3,(H,38,39,40)/b7-6+;. The highest BCUT2D eigenvalue weighted by Crippen LogP contribution is 2.30. The third-order valence-corrected chi connectivity index (χ3v) is 16.1. The van der Waals surface area contributed by atoms with Crippen LogP contribution in [0.1, 0.15) is 124 Å². The average molecular weight is 1260 g/mol. The van der Waals surface area contributed by atoms with Gasteiger partial charge in [0, 0.05) is 90.3 Å². The molecule has 4 aromatic carbocycles. The number of hydrogen-bond donors (Lipinski definition) is 4. The van der Waals surface area contributed by atoms with Crippen LogP contribution in [-0.2, 0) is 58.8 Å². The number of aliphatic hydroxyl groups excluding tert-OH is 2. The van der Waals surface area contributed by atoms with E-state index < -0.39 is 43.9 Å². The van der Waals surface area contributed by atoms with Crippen molar-refractivity contribution in [2.24, 2.45) is 17.8 Å². The van der Waals surface area contributed by atoms with Crippen LogP contribution in [0.25, 0.3) is 27.9 Å². The van der Waals surface area contributed by atoms with Gasteiger partial charge in [-0.25, -0.2) is 0 Å². The molecule has 0 bridgehead atoms. The summed E-state index contributed by atoms with van der Waals surface area (Å²) in [6.07, 6.45) is 9.32. The van der Waals surface area contributed by atoms with Gasteiger partial charge in [-0.05, 0) is 91.7 Å². The van der Waals surface area contributed by atoms with E-state index >= 15 is 0 Å². The molecule has 0 saturated heterocycles. The molecule has 88 heavy (non-hydrogen) atoms. The molecule has 6 aromatic rings. The van der Waals surface area contributed by atoms with Gasteiger partial charge < -0.3 is 48.1 Å². The largest absolute Gasteiger partial charge is 0.497 e. The second-order valence-corrected chi connectivity index (χ2v) is 26.3. The van der Waals surface area contributed by atoms with E-state index in [0.29, 0.717) is 97.1 Å². The fourth-order valence-corrected chi connectivity index (χ4v) is 10.8. The Hall–Kier alpha value is -6.76. The summed E-state index contributed by atoms with van der Waals surface area (Å²) in [7, 11) is -5.36. The zero-order valence-corrected chi connectivity index (χ0v) is 53.9. The Morgan fingerprint density at radius 3 is 1.41 bits per heavy atom. The molecule has 0 aliphatic carbocycles. The van der Waals surface area contributed by atoms with Crippen LogP contribution in [-0.4, -0.2) is 169 Å². The van der Waals surface area contributed by atoms with Gasteiger partial charge in [-0.15, -0.1) is 0 Å². The zero-order chi connectivity index (χ0) is 64.7. The molecule has 0 saturated carbocycles. The minimum absolute atomic E-state index is 0.0162. The molecule has 0 spiro atoms. The Kier molecular flexibility index (Phi) is 28.5. The second-order valence-electron chi connectivity index (χ2n) is 23.3. The molecule has 482 valence electrons. The van der Waals surface area contributed by atoms with Gasteiger partial charge in [-0.3, -0.25) is 28.3 Å². The summed E-state index contributed by atoms with van der Waals surface area (Å²) < 4.78 is 85.8. The maximum absolute atomic E-state index is 13.7. The third kappa shape index (κ3) is 23.6. The highest BCUT2D eigenvalue weighted by atomic mass is 32.2. The van der Waals surface area contributed by atoms with Gasteiger partial charge in [0.05, 0.1) is 57.3 Å². The predicted octanol–water partition coefficient (Wildman–Crippen LogP) is 9.44. The number of benzene rings is 4. The number of aromatic nitrogens is 2. The van der Waals surface area contributed by atoms with Gasteiger partial charge in [-0.1, -0.05) is 109 Å². The number of rotatable bonds is 36. The van der Waals surface area contributed by atoms with Crippen molar-refractivity contribution < 1.29 is 74.3 Å². The monoisotopic (exact) mass is 1260 g/mol. The minimum atomic E-state index is -4.27. The van der Waals surface area contributed by atoms with Crippen LogP contribution in [0.15, 0.2) is 103 Å². The maximum Gasteiger partial charge on any atom is 0.267 e. The van der Waals surface area contributed by atoms with Crippen molar-refractivity contribution in [1.29, 1.82) is 0 Å². The van der Waals surface area contributed by atoms with Crippen molar-refractivity contribution in [3.8, 4) is 11.5 Å². The van der Waals surface area contributed by atoms with Gasteiger partial charge in [0.2, 0.25) is 11.8 Å². The molecule has 0 aliphatic rings. The van der Waals surface area contributed by atoms with E-state index in [0.717, 1.165) is 58.6 Å². The normalized spacial score (nSPS) is 12.7. The first-order valence-electron chi connectivity index (χ1n) is 29.9. The number of fused-ring (bicyclic) bond motifs is 2. The number of ether oxygens (including phenoxy) is 4. The Bertz CT molecular complexity index is 3470. The van der Waals surface area contributed by atoms with Crippen molar-refractivity contribution in [3.63, 3.8) is 0 Å². The molecular formula is C66H90N4O16S2. The molecule has 2 atom stereocenters. The first kappa shape index (κ1) is 72.0. The highest BCUT2D eigenvalue weighted by Gasteiger charge is 2.24. The molecule has 2 aromatic heterocycles. The van der Waals surface area contributed by atoms with Crippen LogP contribution in [0.2, 0.25) is 0 Å². The topological polar surface area (TPSA) is 271 Å². The van der Waals surface area contributed by atoms with Gasteiger partial charge in [0.15, 0.2) is 11.6 Å². The van der Waals surface area contributed by atoms with Crippen LogP contribution in [0, 0.1) is 17.8 Å².